The van der Waals surface area contributed by atoms with E-state index >= 15 is 0 Å². The molecule has 0 heterocycles. The maximum Gasteiger partial charge on any atom is 0.166 e. The third-order valence-electron chi connectivity index (χ3n) is 2.43. The summed E-state index contributed by atoms with van der Waals surface area (Å²) >= 11 is 11.6. The fourth-order valence-corrected chi connectivity index (χ4v) is 1.85. The van der Waals surface area contributed by atoms with Crippen LogP contribution in [0.1, 0.15) is 19.4 Å². The third kappa shape index (κ3) is 5.31. The molecule has 0 aromatic heterocycles. The van der Waals surface area contributed by atoms with Gasteiger partial charge in [0.2, 0.25) is 0 Å². The van der Waals surface area contributed by atoms with E-state index in [2.05, 4.69) is 19.2 Å². The van der Waals surface area contributed by atoms with Crippen LogP contribution in [0, 0.1) is 0 Å². The molecule has 0 fully saturated rings. The Morgan fingerprint density at radius 1 is 1.37 bits per heavy atom. The molecule has 0 aliphatic carbocycles. The topological polar surface area (TPSA) is 30.5 Å². The van der Waals surface area contributed by atoms with Crippen molar-refractivity contribution in [1.29, 1.82) is 0 Å². The van der Waals surface area contributed by atoms with Crippen LogP contribution in [-0.2, 0) is 6.54 Å². The summed E-state index contributed by atoms with van der Waals surface area (Å²) in [5.74, 6) is 1.31. The van der Waals surface area contributed by atoms with Gasteiger partial charge in [0.1, 0.15) is 6.61 Å². The lowest BCUT2D eigenvalue weighted by atomic mass is 10.1. The summed E-state index contributed by atoms with van der Waals surface area (Å²) in [6, 6.07) is 3.99. The highest BCUT2D eigenvalue weighted by Crippen LogP contribution is 2.34. The number of ether oxygens (including phenoxy) is 2. The molecule has 1 N–H and O–H groups in total. The molecule has 0 amide bonds. The highest BCUT2D eigenvalue weighted by molar-refractivity contribution is 6.30. The second kappa shape index (κ2) is 8.31. The van der Waals surface area contributed by atoms with Crippen molar-refractivity contribution in [2.75, 3.05) is 13.7 Å². The molecule has 3 nitrogen and oxygen atoms in total. The molecule has 0 aliphatic rings. The second-order valence-electron chi connectivity index (χ2n) is 4.30. The SMILES string of the molecule is COc1cc(Cl)cc(CNC(C)C)c1OC/C=C/Cl. The molecule has 0 bridgehead atoms. The van der Waals surface area contributed by atoms with Crippen LogP contribution in [0.15, 0.2) is 23.7 Å². The van der Waals surface area contributed by atoms with Crippen molar-refractivity contribution in [3.8, 4) is 11.5 Å². The van der Waals surface area contributed by atoms with Crippen LogP contribution < -0.4 is 14.8 Å². The summed E-state index contributed by atoms with van der Waals surface area (Å²) in [5, 5.41) is 3.96. The van der Waals surface area contributed by atoms with Crippen LogP contribution in [0.2, 0.25) is 5.02 Å². The van der Waals surface area contributed by atoms with E-state index in [-0.39, 0.29) is 0 Å². The number of halogens is 2. The highest BCUT2D eigenvalue weighted by Gasteiger charge is 2.12. The minimum absolute atomic E-state index is 0.376. The summed E-state index contributed by atoms with van der Waals surface area (Å²) < 4.78 is 11.0. The first-order valence-electron chi connectivity index (χ1n) is 6.06. The molecule has 0 saturated heterocycles. The van der Waals surface area contributed by atoms with E-state index in [0.29, 0.717) is 35.7 Å². The minimum atomic E-state index is 0.376. The molecule has 1 aromatic carbocycles. The Hall–Kier alpha value is -0.900. The van der Waals surface area contributed by atoms with Gasteiger partial charge in [0.05, 0.1) is 7.11 Å². The molecular weight excluding hydrogens is 285 g/mol. The van der Waals surface area contributed by atoms with Crippen LogP contribution in [0.5, 0.6) is 11.5 Å². The molecule has 1 aromatic rings. The van der Waals surface area contributed by atoms with E-state index < -0.39 is 0 Å². The molecule has 0 aliphatic heterocycles. The maximum atomic E-state index is 6.08. The van der Waals surface area contributed by atoms with Crippen molar-refractivity contribution < 1.29 is 9.47 Å². The molecule has 0 spiro atoms. The summed E-state index contributed by atoms with van der Waals surface area (Å²) in [6.45, 7) is 5.21. The largest absolute Gasteiger partial charge is 0.493 e. The van der Waals surface area contributed by atoms with Gasteiger partial charge in [-0.25, -0.2) is 0 Å². The molecule has 0 atom stereocenters. The molecule has 0 radical (unpaired) electrons. The van der Waals surface area contributed by atoms with Crippen molar-refractivity contribution in [2.45, 2.75) is 26.4 Å². The maximum absolute atomic E-state index is 6.08. The fourth-order valence-electron chi connectivity index (χ4n) is 1.55. The van der Waals surface area contributed by atoms with E-state index in [9.17, 15) is 0 Å². The van der Waals surface area contributed by atoms with Gasteiger partial charge in [0, 0.05) is 34.8 Å². The molecule has 0 saturated carbocycles. The van der Waals surface area contributed by atoms with Gasteiger partial charge in [0.25, 0.3) is 0 Å². The molecule has 19 heavy (non-hydrogen) atoms. The van der Waals surface area contributed by atoms with Gasteiger partial charge in [0.15, 0.2) is 11.5 Å². The van der Waals surface area contributed by atoms with Gasteiger partial charge in [-0.1, -0.05) is 37.0 Å². The number of methoxy groups -OCH3 is 1. The normalized spacial score (nSPS) is 11.3. The third-order valence-corrected chi connectivity index (χ3v) is 2.83. The Balaban J connectivity index is 2.98. The molecular formula is C14H19Cl2NO2. The van der Waals surface area contributed by atoms with Gasteiger partial charge in [-0.3, -0.25) is 0 Å². The molecule has 106 valence electrons. The zero-order valence-electron chi connectivity index (χ0n) is 11.4. The monoisotopic (exact) mass is 303 g/mol. The average molecular weight is 304 g/mol. The quantitative estimate of drug-likeness (QED) is 0.826. The fraction of sp³-hybridized carbons (Fsp3) is 0.429. The first-order chi connectivity index (χ1) is 9.08. The van der Waals surface area contributed by atoms with Crippen molar-refractivity contribution >= 4 is 23.2 Å². The van der Waals surface area contributed by atoms with Crippen molar-refractivity contribution in [2.24, 2.45) is 0 Å². The number of nitrogens with one attached hydrogen (secondary N) is 1. The molecule has 5 heteroatoms. The van der Waals surface area contributed by atoms with E-state index in [1.807, 2.05) is 6.07 Å². The predicted octanol–water partition coefficient (Wildman–Crippen LogP) is 3.98. The lowest BCUT2D eigenvalue weighted by Gasteiger charge is -2.16. The number of benzene rings is 1. The standard InChI is InChI=1S/C14H19Cl2NO2/c1-10(2)17-9-11-7-12(16)8-13(18-3)14(11)19-6-4-5-15/h4-5,7-8,10,17H,6,9H2,1-3H3/b5-4+. The lowest BCUT2D eigenvalue weighted by molar-refractivity contribution is 0.321. The number of hydrogen-bond donors (Lipinski definition) is 1. The summed E-state index contributed by atoms with van der Waals surface area (Å²) in [6.07, 6.45) is 1.72. The van der Waals surface area contributed by atoms with E-state index in [4.69, 9.17) is 32.7 Å². The zero-order valence-corrected chi connectivity index (χ0v) is 12.9. The van der Waals surface area contributed by atoms with Crippen molar-refractivity contribution in [3.63, 3.8) is 0 Å². The van der Waals surface area contributed by atoms with Crippen LogP contribution in [0.4, 0.5) is 0 Å². The van der Waals surface area contributed by atoms with Crippen molar-refractivity contribution in [3.05, 3.63) is 34.3 Å². The van der Waals surface area contributed by atoms with E-state index in [1.165, 1.54) is 5.54 Å². The highest BCUT2D eigenvalue weighted by atomic mass is 35.5. The average Bonchev–Trinajstić information content (AvgIpc) is 2.37. The first kappa shape index (κ1) is 16.2. The Morgan fingerprint density at radius 2 is 2.11 bits per heavy atom. The van der Waals surface area contributed by atoms with Crippen LogP contribution in [0.3, 0.4) is 0 Å². The molecule has 0 unspecified atom stereocenters. The smallest absolute Gasteiger partial charge is 0.166 e. The number of hydrogen-bond acceptors (Lipinski definition) is 3. The predicted molar refractivity (Wildman–Crippen MR) is 80.5 cm³/mol. The van der Waals surface area contributed by atoms with Crippen LogP contribution in [-0.4, -0.2) is 19.8 Å². The Labute approximate surface area is 124 Å². The van der Waals surface area contributed by atoms with E-state index in [0.717, 1.165) is 5.56 Å². The summed E-state index contributed by atoms with van der Waals surface area (Å²) in [4.78, 5) is 0. The lowest BCUT2D eigenvalue weighted by Crippen LogP contribution is -2.22. The van der Waals surface area contributed by atoms with Gasteiger partial charge in [-0.2, -0.15) is 0 Å². The van der Waals surface area contributed by atoms with Crippen molar-refractivity contribution in [1.82, 2.24) is 5.32 Å². The van der Waals surface area contributed by atoms with Crippen LogP contribution in [0.25, 0.3) is 0 Å². The van der Waals surface area contributed by atoms with Gasteiger partial charge in [-0.15, -0.1) is 0 Å². The van der Waals surface area contributed by atoms with E-state index in [1.54, 1.807) is 19.3 Å². The van der Waals surface area contributed by atoms with Gasteiger partial charge < -0.3 is 14.8 Å². The summed E-state index contributed by atoms with van der Waals surface area (Å²) in [7, 11) is 1.59. The second-order valence-corrected chi connectivity index (χ2v) is 4.99. The summed E-state index contributed by atoms with van der Waals surface area (Å²) in [5.41, 5.74) is 2.38. The van der Waals surface area contributed by atoms with Gasteiger partial charge in [-0.05, 0) is 12.1 Å². The Kier molecular flexibility index (Phi) is 7.06. The van der Waals surface area contributed by atoms with Gasteiger partial charge >= 0.3 is 0 Å². The zero-order chi connectivity index (χ0) is 14.3. The molecule has 1 rings (SSSR count). The minimum Gasteiger partial charge on any atom is -0.493 e. The first-order valence-corrected chi connectivity index (χ1v) is 6.87. The Bertz CT molecular complexity index is 434. The van der Waals surface area contributed by atoms with Crippen LogP contribution >= 0.6 is 23.2 Å². The Morgan fingerprint density at radius 3 is 2.68 bits per heavy atom. The number of rotatable bonds is 7.